The van der Waals surface area contributed by atoms with Crippen LogP contribution in [0.25, 0.3) is 5.69 Å². The second-order valence-electron chi connectivity index (χ2n) is 5.23. The SMILES string of the molecule is O=C(O)C1CCCN(C(=O)c2cccc(-n3cnnn3)c2)C1. The van der Waals surface area contributed by atoms with Crippen molar-refractivity contribution >= 4 is 11.9 Å². The van der Waals surface area contributed by atoms with Crippen LogP contribution in [0, 0.1) is 5.92 Å². The molecule has 0 bridgehead atoms. The average molecular weight is 301 g/mol. The Morgan fingerprint density at radius 2 is 2.18 bits per heavy atom. The summed E-state index contributed by atoms with van der Waals surface area (Å²) < 4.78 is 1.47. The van der Waals surface area contributed by atoms with Crippen molar-refractivity contribution in [1.82, 2.24) is 25.1 Å². The van der Waals surface area contributed by atoms with Gasteiger partial charge in [-0.05, 0) is 41.5 Å². The Balaban J connectivity index is 1.80. The second-order valence-corrected chi connectivity index (χ2v) is 5.23. The number of carbonyl (C=O) groups excluding carboxylic acids is 1. The highest BCUT2D eigenvalue weighted by Gasteiger charge is 2.28. The fraction of sp³-hybridized carbons (Fsp3) is 0.357. The Morgan fingerprint density at radius 1 is 1.32 bits per heavy atom. The number of rotatable bonds is 3. The fourth-order valence-corrected chi connectivity index (χ4v) is 2.61. The van der Waals surface area contributed by atoms with Crippen molar-refractivity contribution in [2.24, 2.45) is 5.92 Å². The molecule has 1 fully saturated rings. The third kappa shape index (κ3) is 2.80. The number of carbonyl (C=O) groups is 2. The molecule has 1 N–H and O–H groups in total. The van der Waals surface area contributed by atoms with Gasteiger partial charge in [-0.1, -0.05) is 6.07 Å². The summed E-state index contributed by atoms with van der Waals surface area (Å²) in [6, 6.07) is 6.95. The van der Waals surface area contributed by atoms with Crippen molar-refractivity contribution in [2.75, 3.05) is 13.1 Å². The number of likely N-dealkylation sites (tertiary alicyclic amines) is 1. The third-order valence-corrected chi connectivity index (χ3v) is 3.76. The van der Waals surface area contributed by atoms with Gasteiger partial charge in [0.2, 0.25) is 0 Å². The zero-order chi connectivity index (χ0) is 15.5. The molecule has 1 aliphatic heterocycles. The Hall–Kier alpha value is -2.77. The first-order valence-electron chi connectivity index (χ1n) is 7.00. The number of aromatic nitrogens is 4. The first-order valence-corrected chi connectivity index (χ1v) is 7.00. The summed E-state index contributed by atoms with van der Waals surface area (Å²) in [6.45, 7) is 0.834. The zero-order valence-electron chi connectivity index (χ0n) is 11.8. The molecule has 8 heteroatoms. The number of amides is 1. The molecule has 2 heterocycles. The van der Waals surface area contributed by atoms with Gasteiger partial charge in [0.1, 0.15) is 6.33 Å². The monoisotopic (exact) mass is 301 g/mol. The summed E-state index contributed by atoms with van der Waals surface area (Å²) in [6.07, 6.45) is 2.77. The lowest BCUT2D eigenvalue weighted by molar-refractivity contribution is -0.143. The maximum absolute atomic E-state index is 12.6. The zero-order valence-corrected chi connectivity index (χ0v) is 11.8. The van der Waals surface area contributed by atoms with Crippen molar-refractivity contribution in [1.29, 1.82) is 0 Å². The molecule has 1 unspecified atom stereocenters. The number of tetrazole rings is 1. The summed E-state index contributed by atoms with van der Waals surface area (Å²) in [4.78, 5) is 25.3. The van der Waals surface area contributed by atoms with Crippen LogP contribution in [0.1, 0.15) is 23.2 Å². The van der Waals surface area contributed by atoms with Crippen molar-refractivity contribution in [3.05, 3.63) is 36.2 Å². The first kappa shape index (κ1) is 14.2. The van der Waals surface area contributed by atoms with Crippen LogP contribution in [0.4, 0.5) is 0 Å². The van der Waals surface area contributed by atoms with Crippen molar-refractivity contribution in [2.45, 2.75) is 12.8 Å². The van der Waals surface area contributed by atoms with Gasteiger partial charge in [0.25, 0.3) is 5.91 Å². The van der Waals surface area contributed by atoms with E-state index in [1.807, 2.05) is 0 Å². The quantitative estimate of drug-likeness (QED) is 0.890. The van der Waals surface area contributed by atoms with E-state index in [0.29, 0.717) is 30.6 Å². The Labute approximate surface area is 126 Å². The van der Waals surface area contributed by atoms with E-state index in [9.17, 15) is 9.59 Å². The van der Waals surface area contributed by atoms with E-state index in [1.165, 1.54) is 11.0 Å². The topological polar surface area (TPSA) is 101 Å². The lowest BCUT2D eigenvalue weighted by Gasteiger charge is -2.30. The summed E-state index contributed by atoms with van der Waals surface area (Å²) in [7, 11) is 0. The molecule has 1 aromatic carbocycles. The molecule has 1 aliphatic rings. The van der Waals surface area contributed by atoms with Gasteiger partial charge in [0.05, 0.1) is 11.6 Å². The van der Waals surface area contributed by atoms with Crippen LogP contribution in [-0.2, 0) is 4.79 Å². The molecule has 1 atom stereocenters. The van der Waals surface area contributed by atoms with Crippen LogP contribution < -0.4 is 0 Å². The number of benzene rings is 1. The lowest BCUT2D eigenvalue weighted by Crippen LogP contribution is -2.42. The van der Waals surface area contributed by atoms with Crippen LogP contribution in [0.5, 0.6) is 0 Å². The molecular formula is C14H15N5O3. The van der Waals surface area contributed by atoms with E-state index in [-0.39, 0.29) is 12.5 Å². The van der Waals surface area contributed by atoms with Gasteiger partial charge < -0.3 is 10.0 Å². The predicted molar refractivity (Wildman–Crippen MR) is 75.4 cm³/mol. The standard InChI is InChI=1S/C14H15N5O3/c20-13(18-6-2-4-11(8-18)14(21)22)10-3-1-5-12(7-10)19-9-15-16-17-19/h1,3,5,7,9,11H,2,4,6,8H2,(H,21,22). The summed E-state index contributed by atoms with van der Waals surface area (Å²) in [5.41, 5.74) is 1.18. The van der Waals surface area contributed by atoms with Crippen LogP contribution in [0.15, 0.2) is 30.6 Å². The highest BCUT2D eigenvalue weighted by Crippen LogP contribution is 2.19. The molecule has 22 heavy (non-hydrogen) atoms. The van der Waals surface area contributed by atoms with Gasteiger partial charge >= 0.3 is 5.97 Å². The van der Waals surface area contributed by atoms with Crippen molar-refractivity contribution < 1.29 is 14.7 Å². The number of nitrogens with zero attached hydrogens (tertiary/aromatic N) is 5. The summed E-state index contributed by atoms with van der Waals surface area (Å²) >= 11 is 0. The number of piperidine rings is 1. The van der Waals surface area contributed by atoms with Crippen molar-refractivity contribution in [3.8, 4) is 5.69 Å². The minimum Gasteiger partial charge on any atom is -0.481 e. The van der Waals surface area contributed by atoms with Gasteiger partial charge in [0, 0.05) is 18.7 Å². The van der Waals surface area contributed by atoms with E-state index in [4.69, 9.17) is 5.11 Å². The maximum Gasteiger partial charge on any atom is 0.308 e. The molecular weight excluding hydrogens is 286 g/mol. The van der Waals surface area contributed by atoms with Gasteiger partial charge in [-0.3, -0.25) is 9.59 Å². The molecule has 3 rings (SSSR count). The maximum atomic E-state index is 12.6. The molecule has 0 radical (unpaired) electrons. The number of hydrogen-bond acceptors (Lipinski definition) is 5. The van der Waals surface area contributed by atoms with E-state index >= 15 is 0 Å². The molecule has 1 aromatic heterocycles. The Bertz CT molecular complexity index is 686. The molecule has 1 amide bonds. The molecule has 8 nitrogen and oxygen atoms in total. The molecule has 1 saturated heterocycles. The molecule has 0 aliphatic carbocycles. The number of carboxylic acids is 1. The molecule has 114 valence electrons. The third-order valence-electron chi connectivity index (χ3n) is 3.76. The van der Waals surface area contributed by atoms with Crippen LogP contribution in [0.3, 0.4) is 0 Å². The largest absolute Gasteiger partial charge is 0.481 e. The van der Waals surface area contributed by atoms with E-state index in [1.54, 1.807) is 29.2 Å². The average Bonchev–Trinajstić information content (AvgIpc) is 3.09. The number of hydrogen-bond donors (Lipinski definition) is 1. The van der Waals surface area contributed by atoms with Crippen LogP contribution >= 0.6 is 0 Å². The van der Waals surface area contributed by atoms with Gasteiger partial charge in [-0.25, -0.2) is 4.68 Å². The Morgan fingerprint density at radius 3 is 2.91 bits per heavy atom. The van der Waals surface area contributed by atoms with Crippen LogP contribution in [-0.4, -0.2) is 55.2 Å². The Kier molecular flexibility index (Phi) is 3.82. The lowest BCUT2D eigenvalue weighted by atomic mass is 9.97. The molecule has 2 aromatic rings. The second kappa shape index (κ2) is 5.92. The van der Waals surface area contributed by atoms with Gasteiger partial charge in [0.15, 0.2) is 0 Å². The predicted octanol–water partition coefficient (Wildman–Crippen LogP) is 0.599. The normalized spacial score (nSPS) is 18.2. The highest BCUT2D eigenvalue weighted by atomic mass is 16.4. The highest BCUT2D eigenvalue weighted by molar-refractivity contribution is 5.95. The summed E-state index contributed by atoms with van der Waals surface area (Å²) in [5, 5.41) is 20.0. The number of carboxylic acid groups (broad SMARTS) is 1. The van der Waals surface area contributed by atoms with Crippen molar-refractivity contribution in [3.63, 3.8) is 0 Å². The van der Waals surface area contributed by atoms with Gasteiger partial charge in [-0.15, -0.1) is 5.10 Å². The van der Waals surface area contributed by atoms with E-state index < -0.39 is 11.9 Å². The number of aliphatic carboxylic acids is 1. The molecule has 0 saturated carbocycles. The van der Waals surface area contributed by atoms with Crippen LogP contribution in [0.2, 0.25) is 0 Å². The van der Waals surface area contributed by atoms with E-state index in [0.717, 1.165) is 0 Å². The van der Waals surface area contributed by atoms with Gasteiger partial charge in [-0.2, -0.15) is 0 Å². The minimum atomic E-state index is -0.847. The summed E-state index contributed by atoms with van der Waals surface area (Å²) in [5.74, 6) is -1.50. The smallest absolute Gasteiger partial charge is 0.308 e. The molecule has 0 spiro atoms. The minimum absolute atomic E-state index is 0.166. The first-order chi connectivity index (χ1) is 10.6. The fourth-order valence-electron chi connectivity index (χ4n) is 2.61. The van der Waals surface area contributed by atoms with E-state index in [2.05, 4.69) is 15.5 Å².